The molecule has 2 fully saturated rings. The van der Waals surface area contributed by atoms with Crippen LogP contribution in [0.4, 0.5) is 5.13 Å². The second-order valence-electron chi connectivity index (χ2n) is 14.0. The van der Waals surface area contributed by atoms with Crippen molar-refractivity contribution in [1.29, 1.82) is 0 Å². The number of carboxylic acid groups (broad SMARTS) is 1. The summed E-state index contributed by atoms with van der Waals surface area (Å²) in [5, 5.41) is 32.0. The first-order chi connectivity index (χ1) is 25.4. The van der Waals surface area contributed by atoms with Crippen LogP contribution >= 0.6 is 11.3 Å². The second-order valence-corrected chi connectivity index (χ2v) is 15.9. The molecule has 292 valence electrons. The van der Waals surface area contributed by atoms with E-state index in [1.54, 1.807) is 6.07 Å². The van der Waals surface area contributed by atoms with Gasteiger partial charge >= 0.3 is 5.97 Å². The fraction of sp³-hybridized carbons (Fsp3) is 0.500. The van der Waals surface area contributed by atoms with Gasteiger partial charge in [0.15, 0.2) is 23.5 Å². The maximum atomic E-state index is 13.5. The Kier molecular flexibility index (Phi) is 10.7. The molecule has 20 nitrogen and oxygen atoms in total. The van der Waals surface area contributed by atoms with E-state index in [1.165, 1.54) is 26.2 Å². The minimum atomic E-state index is -5.29. The van der Waals surface area contributed by atoms with Crippen molar-refractivity contribution in [2.45, 2.75) is 76.1 Å². The van der Waals surface area contributed by atoms with Crippen LogP contribution in [-0.4, -0.2) is 110 Å². The Morgan fingerprint density at radius 3 is 2.67 bits per heavy atom. The van der Waals surface area contributed by atoms with E-state index in [-0.39, 0.29) is 23.8 Å². The monoisotopic (exact) mass is 791 g/mol. The zero-order valence-corrected chi connectivity index (χ0v) is 31.1. The third kappa shape index (κ3) is 7.90. The number of carboxylic acids is 1. The van der Waals surface area contributed by atoms with Crippen LogP contribution in [0.2, 0.25) is 0 Å². The van der Waals surface area contributed by atoms with Crippen LogP contribution in [0, 0.1) is 5.92 Å². The predicted molar refractivity (Wildman–Crippen MR) is 188 cm³/mol. The average Bonchev–Trinajstić information content (AvgIpc) is 3.71. The summed E-state index contributed by atoms with van der Waals surface area (Å²) in [5.74, 6) is -2.61. The summed E-state index contributed by atoms with van der Waals surface area (Å²) in [7, 11) is -5.29. The zero-order valence-electron chi connectivity index (χ0n) is 29.5. The van der Waals surface area contributed by atoms with E-state index < -0.39 is 63.3 Å². The number of amides is 2. The van der Waals surface area contributed by atoms with Gasteiger partial charge in [0, 0.05) is 30.9 Å². The van der Waals surface area contributed by atoms with E-state index in [9.17, 15) is 37.6 Å². The number of anilines is 1. The molecule has 5 heterocycles. The molecule has 2 amide bonds. The van der Waals surface area contributed by atoms with Gasteiger partial charge in [0.2, 0.25) is 16.6 Å². The molecule has 3 aromatic rings. The normalized spacial score (nSPS) is 21.6. The van der Waals surface area contributed by atoms with E-state index >= 15 is 0 Å². The van der Waals surface area contributed by atoms with Crippen LogP contribution < -0.4 is 31.5 Å². The lowest BCUT2D eigenvalue weighted by Gasteiger charge is -2.51. The van der Waals surface area contributed by atoms with Gasteiger partial charge in [-0.1, -0.05) is 11.2 Å². The second kappa shape index (κ2) is 14.8. The van der Waals surface area contributed by atoms with Gasteiger partial charge in [-0.05, 0) is 56.9 Å². The molecule has 0 saturated carbocycles. The van der Waals surface area contributed by atoms with Crippen LogP contribution in [0.25, 0.3) is 11.1 Å². The molecule has 2 saturated heterocycles. The number of fused-ring (bicyclic) bond motifs is 1. The summed E-state index contributed by atoms with van der Waals surface area (Å²) in [6.45, 7) is 7.00. The summed E-state index contributed by atoms with van der Waals surface area (Å²) in [5.41, 5.74) is 9.86. The van der Waals surface area contributed by atoms with Crippen molar-refractivity contribution in [1.82, 2.24) is 25.4 Å². The highest BCUT2D eigenvalue weighted by Gasteiger charge is 2.58. The summed E-state index contributed by atoms with van der Waals surface area (Å²) in [4.78, 5) is 48.6. The number of hydroxylamine groups is 2. The van der Waals surface area contributed by atoms with Crippen LogP contribution in [0.1, 0.15) is 38.4 Å². The number of nitrogens with one attached hydrogen (secondary N) is 2. The van der Waals surface area contributed by atoms with Gasteiger partial charge in [-0.15, -0.1) is 16.0 Å². The van der Waals surface area contributed by atoms with Crippen molar-refractivity contribution in [2.75, 3.05) is 25.4 Å². The maximum Gasteiger partial charge on any atom is 0.354 e. The van der Waals surface area contributed by atoms with Crippen LogP contribution in [0.3, 0.4) is 0 Å². The van der Waals surface area contributed by atoms with E-state index in [0.29, 0.717) is 29.7 Å². The van der Waals surface area contributed by atoms with Crippen LogP contribution in [0.5, 0.6) is 5.75 Å². The average molecular weight is 792 g/mol. The van der Waals surface area contributed by atoms with E-state index in [2.05, 4.69) is 29.7 Å². The summed E-state index contributed by atoms with van der Waals surface area (Å²) in [6.07, 6.45) is 2.81. The van der Waals surface area contributed by atoms with Crippen molar-refractivity contribution >= 4 is 50.4 Å². The Morgan fingerprint density at radius 1 is 1.33 bits per heavy atom. The Hall–Kier alpha value is -4.71. The van der Waals surface area contributed by atoms with Gasteiger partial charge in [-0.3, -0.25) is 9.59 Å². The minimum absolute atomic E-state index is 0.0496. The standard InChI is InChI=1S/C32H41N9O11S2/c1-31(2)26(28(44)41(31)52-54(47,48)49)37-27(43)25(22-16-53-30(34)36-22)38-51-32(3,29(45)46)24-7-5-19-8-18(4-6-23(19)50-24)20-13-39(12-17-10-35-11-17)40(14-20)15-21(42)9-33/h4,6,8,13-14,16-17,21,24,26,35,42H,5,7,9-12,15,33H2,1-3H3,(H4-,34,36,37,43,45,46,47,48,49)/b38-25-/t21-,24+,26+,32-/m0/s1. The molecule has 0 spiro atoms. The number of aliphatic carboxylic acids is 1. The lowest BCUT2D eigenvalue weighted by molar-refractivity contribution is -0.781. The molecule has 3 aliphatic rings. The largest absolute Gasteiger partial charge is 0.724 e. The fourth-order valence-electron chi connectivity index (χ4n) is 6.35. The lowest BCUT2D eigenvalue weighted by Crippen LogP contribution is -2.76. The number of nitrogens with two attached hydrogens (primary N) is 2. The molecule has 4 atom stereocenters. The molecule has 0 unspecified atom stereocenters. The van der Waals surface area contributed by atoms with Crippen molar-refractivity contribution in [2.24, 2.45) is 16.8 Å². The Labute approximate surface area is 313 Å². The van der Waals surface area contributed by atoms with Crippen molar-refractivity contribution < 1.29 is 56.1 Å². The zero-order chi connectivity index (χ0) is 39.2. The number of aromatic nitrogens is 3. The smallest absolute Gasteiger partial charge is 0.354 e. The number of hydrogen-bond acceptors (Lipinski definition) is 16. The quantitative estimate of drug-likeness (QED) is 0.0254. The third-order valence-electron chi connectivity index (χ3n) is 9.69. The van der Waals surface area contributed by atoms with Gasteiger partial charge in [0.1, 0.15) is 24.0 Å². The van der Waals surface area contributed by atoms with Crippen molar-refractivity contribution in [3.05, 3.63) is 47.2 Å². The molecule has 8 N–H and O–H groups in total. The number of aryl methyl sites for hydroxylation is 1. The third-order valence-corrected chi connectivity index (χ3v) is 10.7. The Balaban J connectivity index is 1.21. The number of benzene rings is 1. The molecular formula is C32H41N9O11S2. The molecule has 0 aliphatic carbocycles. The van der Waals surface area contributed by atoms with Gasteiger partial charge in [0.05, 0.1) is 23.4 Å². The highest BCUT2D eigenvalue weighted by Crippen LogP contribution is 2.37. The number of β-lactam (4-membered cyclic amide) rings is 1. The number of nitrogens with zero attached hydrogens (tertiary/aromatic N) is 5. The molecular weight excluding hydrogens is 751 g/mol. The molecule has 0 radical (unpaired) electrons. The molecule has 2 aromatic heterocycles. The van der Waals surface area contributed by atoms with Crippen LogP contribution in [-0.2, 0) is 53.4 Å². The predicted octanol–water partition coefficient (Wildman–Crippen LogP) is -1.52. The SMILES string of the molecule is CC1(C)[C@H](NC(=O)/C(=N\O[C@](C)(C(=O)O)[C@H]2CCc3cc(-c4cn(C[C@@H](O)CN)[n+](CC5CNC5)c4)ccc3O2)c2csc(N)n2)C(=O)N1OS(=O)(=O)[O-]. The molecule has 1 aromatic carbocycles. The number of nitrogen functional groups attached to an aromatic ring is 1. The Bertz CT molecular complexity index is 2060. The first kappa shape index (κ1) is 39.0. The van der Waals surface area contributed by atoms with E-state index in [0.717, 1.165) is 47.7 Å². The first-order valence-electron chi connectivity index (χ1n) is 16.9. The molecule has 22 heteroatoms. The number of oxime groups is 1. The lowest BCUT2D eigenvalue weighted by atomic mass is 9.84. The topological polar surface area (TPSA) is 290 Å². The highest BCUT2D eigenvalue weighted by molar-refractivity contribution is 7.80. The van der Waals surface area contributed by atoms with E-state index in [1.807, 2.05) is 29.2 Å². The first-order valence-corrected chi connectivity index (χ1v) is 19.1. The number of ether oxygens (including phenoxy) is 1. The number of carbonyl (C=O) groups is 3. The van der Waals surface area contributed by atoms with Gasteiger partial charge < -0.3 is 46.4 Å². The van der Waals surface area contributed by atoms with Crippen molar-refractivity contribution in [3.63, 3.8) is 0 Å². The molecule has 3 aliphatic heterocycles. The maximum absolute atomic E-state index is 13.5. The number of hydrogen-bond donors (Lipinski definition) is 6. The highest BCUT2D eigenvalue weighted by atomic mass is 32.3. The van der Waals surface area contributed by atoms with Crippen LogP contribution in [0.15, 0.2) is 41.1 Å². The van der Waals surface area contributed by atoms with E-state index in [4.69, 9.17) is 21.0 Å². The summed E-state index contributed by atoms with van der Waals surface area (Å²) < 4.78 is 47.7. The summed E-state index contributed by atoms with van der Waals surface area (Å²) in [6, 6.07) is 4.19. The molecule has 0 bridgehead atoms. The molecule has 54 heavy (non-hydrogen) atoms. The minimum Gasteiger partial charge on any atom is -0.724 e. The number of carbonyl (C=O) groups excluding carboxylic acids is 2. The van der Waals surface area contributed by atoms with Gasteiger partial charge in [-0.2, -0.15) is 14.0 Å². The number of rotatable bonds is 15. The van der Waals surface area contributed by atoms with Gasteiger partial charge in [-0.25, -0.2) is 18.2 Å². The van der Waals surface area contributed by atoms with Crippen molar-refractivity contribution in [3.8, 4) is 16.9 Å². The number of thiazole rings is 1. The Morgan fingerprint density at radius 2 is 2.07 bits per heavy atom. The van der Waals surface area contributed by atoms with Gasteiger partial charge in [0.25, 0.3) is 17.4 Å². The summed E-state index contributed by atoms with van der Waals surface area (Å²) >= 11 is 0.958. The number of aliphatic hydroxyl groups excluding tert-OH is 1. The number of aliphatic hydroxyl groups is 1. The fourth-order valence-corrected chi connectivity index (χ4v) is 7.34. The molecule has 6 rings (SSSR count).